The van der Waals surface area contributed by atoms with E-state index in [-0.39, 0.29) is 24.6 Å². The van der Waals surface area contributed by atoms with Gasteiger partial charge in [-0.15, -0.1) is 0 Å². The first kappa shape index (κ1) is 14.0. The van der Waals surface area contributed by atoms with E-state index in [1.165, 1.54) is 0 Å². The van der Waals surface area contributed by atoms with Gasteiger partial charge in [-0.3, -0.25) is 10.1 Å². The van der Waals surface area contributed by atoms with Gasteiger partial charge in [0.05, 0.1) is 6.04 Å². The van der Waals surface area contributed by atoms with Crippen LogP contribution >= 0.6 is 0 Å². The van der Waals surface area contributed by atoms with Crippen LogP contribution in [0.4, 0.5) is 0 Å². The number of ether oxygens (including phenoxy) is 1. The van der Waals surface area contributed by atoms with Gasteiger partial charge in [0, 0.05) is 6.04 Å². The molecule has 0 spiro atoms. The summed E-state index contributed by atoms with van der Waals surface area (Å²) in [7, 11) is 0. The van der Waals surface area contributed by atoms with E-state index < -0.39 is 0 Å². The Hall–Kier alpha value is -2.06. The fraction of sp³-hybridized carbons (Fsp3) is 0.385. The second kappa shape index (κ2) is 6.62. The molecule has 0 aromatic heterocycles. The summed E-state index contributed by atoms with van der Waals surface area (Å²) < 4.78 is 5.15. The molecular weight excluding hydrogens is 230 g/mol. The van der Waals surface area contributed by atoms with Crippen LogP contribution in [0.5, 0.6) is 5.75 Å². The number of nitrogens with two attached hydrogens (primary N) is 1. The van der Waals surface area contributed by atoms with Gasteiger partial charge in [-0.2, -0.15) is 5.26 Å². The molecule has 0 saturated carbocycles. The third-order valence-electron chi connectivity index (χ3n) is 2.61. The number of hydrogen-bond acceptors (Lipinski definition) is 4. The Balaban J connectivity index is 2.61. The zero-order valence-corrected chi connectivity index (χ0v) is 10.5. The molecule has 2 atom stereocenters. The molecule has 3 N–H and O–H groups in total. The van der Waals surface area contributed by atoms with Gasteiger partial charge in [0.1, 0.15) is 11.8 Å². The molecule has 0 aliphatic rings. The molecule has 18 heavy (non-hydrogen) atoms. The highest BCUT2D eigenvalue weighted by atomic mass is 16.5. The topological polar surface area (TPSA) is 88.1 Å². The number of carbonyl (C=O) groups excluding carboxylic acids is 1. The molecule has 0 heterocycles. The van der Waals surface area contributed by atoms with Gasteiger partial charge >= 0.3 is 0 Å². The van der Waals surface area contributed by atoms with Crippen molar-refractivity contribution in [3.05, 3.63) is 29.8 Å². The molecule has 1 rings (SSSR count). The third kappa shape index (κ3) is 4.07. The number of nitrogens with zero attached hydrogens (tertiary/aromatic N) is 1. The van der Waals surface area contributed by atoms with Crippen molar-refractivity contribution in [2.24, 2.45) is 5.73 Å². The summed E-state index contributed by atoms with van der Waals surface area (Å²) in [5.41, 5.74) is 6.21. The Kier molecular flexibility index (Phi) is 5.15. The Morgan fingerprint density at radius 2 is 2.06 bits per heavy atom. The summed E-state index contributed by atoms with van der Waals surface area (Å²) in [4.78, 5) is 10.9. The highest BCUT2D eigenvalue weighted by molar-refractivity contribution is 5.79. The van der Waals surface area contributed by atoms with Crippen LogP contribution in [0.25, 0.3) is 0 Å². The number of nitrogens with one attached hydrogen (secondary N) is 1. The third-order valence-corrected chi connectivity index (χ3v) is 2.61. The van der Waals surface area contributed by atoms with Crippen molar-refractivity contribution in [1.29, 1.82) is 5.26 Å². The molecule has 0 fully saturated rings. The number of nitriles is 1. The Morgan fingerprint density at radius 3 is 2.56 bits per heavy atom. The maximum Gasteiger partial charge on any atom is 0.234 e. The highest BCUT2D eigenvalue weighted by Crippen LogP contribution is 2.17. The first-order valence-corrected chi connectivity index (χ1v) is 5.69. The van der Waals surface area contributed by atoms with Crippen LogP contribution in [-0.2, 0) is 4.79 Å². The molecular formula is C13H17N3O2. The number of carbonyl (C=O) groups is 1. The average Bonchev–Trinajstić information content (AvgIpc) is 2.36. The van der Waals surface area contributed by atoms with E-state index in [0.29, 0.717) is 5.75 Å². The maximum atomic E-state index is 10.9. The lowest BCUT2D eigenvalue weighted by Crippen LogP contribution is -2.39. The first-order valence-electron chi connectivity index (χ1n) is 5.69. The fourth-order valence-corrected chi connectivity index (χ4v) is 1.52. The minimum absolute atomic E-state index is 0.0116. The number of primary amides is 1. The Bertz CT molecular complexity index is 437. The fourth-order valence-electron chi connectivity index (χ4n) is 1.52. The number of rotatable bonds is 6. The van der Waals surface area contributed by atoms with E-state index in [0.717, 1.165) is 5.56 Å². The van der Waals surface area contributed by atoms with E-state index in [1.54, 1.807) is 19.1 Å². The van der Waals surface area contributed by atoms with Gasteiger partial charge in [-0.1, -0.05) is 12.1 Å². The summed E-state index contributed by atoms with van der Waals surface area (Å²) in [6.45, 7) is 3.71. The number of hydrogen-bond donors (Lipinski definition) is 2. The molecule has 1 aromatic rings. The molecule has 0 radical (unpaired) electrons. The number of amides is 1. The lowest BCUT2D eigenvalue weighted by Gasteiger charge is -2.18. The van der Waals surface area contributed by atoms with E-state index >= 15 is 0 Å². The van der Waals surface area contributed by atoms with Crippen molar-refractivity contribution >= 4 is 5.91 Å². The average molecular weight is 247 g/mol. The predicted octanol–water partition coefficient (Wildman–Crippen LogP) is 1.11. The smallest absolute Gasteiger partial charge is 0.234 e. The zero-order valence-electron chi connectivity index (χ0n) is 10.5. The largest absolute Gasteiger partial charge is 0.479 e. The molecule has 2 unspecified atom stereocenters. The van der Waals surface area contributed by atoms with Gasteiger partial charge in [0.2, 0.25) is 5.91 Å². The van der Waals surface area contributed by atoms with Crippen LogP contribution in [0.3, 0.4) is 0 Å². The van der Waals surface area contributed by atoms with Crippen molar-refractivity contribution in [2.45, 2.75) is 25.9 Å². The Morgan fingerprint density at radius 1 is 1.44 bits per heavy atom. The van der Waals surface area contributed by atoms with E-state index in [2.05, 4.69) is 5.32 Å². The lowest BCUT2D eigenvalue weighted by atomic mass is 10.1. The summed E-state index contributed by atoms with van der Waals surface area (Å²) >= 11 is 0. The summed E-state index contributed by atoms with van der Waals surface area (Å²) in [5.74, 6) is 0.270. The standard InChI is InChI=1S/C13H17N3O2/c1-9(16-10(2)13(15)17)11-3-5-12(6-4-11)18-8-7-14/h3-6,9-10,16H,8H2,1-2H3,(H2,15,17). The van der Waals surface area contributed by atoms with Crippen molar-refractivity contribution < 1.29 is 9.53 Å². The molecule has 96 valence electrons. The van der Waals surface area contributed by atoms with Gasteiger partial charge in [-0.25, -0.2) is 0 Å². The normalized spacial score (nSPS) is 13.4. The van der Waals surface area contributed by atoms with Crippen LogP contribution in [0.1, 0.15) is 25.5 Å². The second-order valence-electron chi connectivity index (χ2n) is 4.03. The van der Waals surface area contributed by atoms with Crippen molar-refractivity contribution in [2.75, 3.05) is 6.61 Å². The monoisotopic (exact) mass is 247 g/mol. The van der Waals surface area contributed by atoms with Gasteiger partial charge in [0.15, 0.2) is 6.61 Å². The van der Waals surface area contributed by atoms with E-state index in [1.807, 2.05) is 25.1 Å². The number of benzene rings is 1. The minimum Gasteiger partial charge on any atom is -0.479 e. The SMILES string of the molecule is CC(NC(C)c1ccc(OCC#N)cc1)C(N)=O. The van der Waals surface area contributed by atoms with Crippen LogP contribution in [0.15, 0.2) is 24.3 Å². The minimum atomic E-state index is -0.380. The summed E-state index contributed by atoms with van der Waals surface area (Å²) in [5, 5.41) is 11.5. The quantitative estimate of drug-likeness (QED) is 0.788. The summed E-state index contributed by atoms with van der Waals surface area (Å²) in [6.07, 6.45) is 0. The highest BCUT2D eigenvalue weighted by Gasteiger charge is 2.13. The molecule has 1 aromatic carbocycles. The van der Waals surface area contributed by atoms with Gasteiger partial charge in [-0.05, 0) is 31.5 Å². The molecule has 1 amide bonds. The van der Waals surface area contributed by atoms with Crippen LogP contribution in [-0.4, -0.2) is 18.6 Å². The van der Waals surface area contributed by atoms with Crippen molar-refractivity contribution in [3.8, 4) is 11.8 Å². The van der Waals surface area contributed by atoms with Crippen LogP contribution < -0.4 is 15.8 Å². The molecule has 0 bridgehead atoms. The van der Waals surface area contributed by atoms with Crippen LogP contribution in [0.2, 0.25) is 0 Å². The second-order valence-corrected chi connectivity index (χ2v) is 4.03. The summed E-state index contributed by atoms with van der Waals surface area (Å²) in [6, 6.07) is 8.89. The van der Waals surface area contributed by atoms with Gasteiger partial charge < -0.3 is 10.5 Å². The molecule has 5 nitrogen and oxygen atoms in total. The van der Waals surface area contributed by atoms with Crippen molar-refractivity contribution in [3.63, 3.8) is 0 Å². The molecule has 5 heteroatoms. The zero-order chi connectivity index (χ0) is 13.5. The molecule has 0 aliphatic carbocycles. The van der Waals surface area contributed by atoms with Gasteiger partial charge in [0.25, 0.3) is 0 Å². The first-order chi connectivity index (χ1) is 8.54. The lowest BCUT2D eigenvalue weighted by molar-refractivity contribution is -0.119. The Labute approximate surface area is 107 Å². The molecule has 0 aliphatic heterocycles. The maximum absolute atomic E-state index is 10.9. The predicted molar refractivity (Wildman–Crippen MR) is 67.8 cm³/mol. The van der Waals surface area contributed by atoms with E-state index in [4.69, 9.17) is 15.7 Å². The van der Waals surface area contributed by atoms with Crippen LogP contribution in [0, 0.1) is 11.3 Å². The van der Waals surface area contributed by atoms with E-state index in [9.17, 15) is 4.79 Å². The molecule has 0 saturated heterocycles. The van der Waals surface area contributed by atoms with Crippen molar-refractivity contribution in [1.82, 2.24) is 5.32 Å².